The molecule has 0 bridgehead atoms. The Morgan fingerprint density at radius 2 is 1.76 bits per heavy atom. The Labute approximate surface area is 151 Å². The summed E-state index contributed by atoms with van der Waals surface area (Å²) in [6.07, 6.45) is 1.83. The number of carbonyl (C=O) groups is 2. The maximum atomic E-state index is 12.0. The molecule has 2 aromatic rings. The summed E-state index contributed by atoms with van der Waals surface area (Å²) in [6, 6.07) is 7.74. The Hall–Kier alpha value is -2.34. The third-order valence-electron chi connectivity index (χ3n) is 4.09. The number of thiophene rings is 1. The molecule has 5 nitrogen and oxygen atoms in total. The summed E-state index contributed by atoms with van der Waals surface area (Å²) in [7, 11) is 4.15. The molecule has 6 heteroatoms. The van der Waals surface area contributed by atoms with Gasteiger partial charge in [-0.15, -0.1) is 0 Å². The van der Waals surface area contributed by atoms with Gasteiger partial charge in [0.25, 0.3) is 0 Å². The number of hydrogen-bond acceptors (Lipinski definition) is 6. The van der Waals surface area contributed by atoms with Crippen LogP contribution >= 0.6 is 11.3 Å². The molecule has 0 atom stereocenters. The zero-order valence-corrected chi connectivity index (χ0v) is 15.4. The van der Waals surface area contributed by atoms with Crippen LogP contribution in [0.1, 0.15) is 16.7 Å². The summed E-state index contributed by atoms with van der Waals surface area (Å²) < 4.78 is 15.0. The smallest absolute Gasteiger partial charge is 0.320 e. The first-order valence-corrected chi connectivity index (χ1v) is 8.86. The highest BCUT2D eigenvalue weighted by Gasteiger charge is 2.30. The fourth-order valence-corrected chi connectivity index (χ4v) is 3.45. The SMILES string of the molecule is COC(=O)C(Cc1cccc(OC)c1CCc1ccsc1)C(=O)OC. The van der Waals surface area contributed by atoms with Crippen molar-refractivity contribution in [1.82, 2.24) is 0 Å². The Kier molecular flexibility index (Phi) is 7.01. The van der Waals surface area contributed by atoms with Crippen molar-refractivity contribution < 1.29 is 23.8 Å². The van der Waals surface area contributed by atoms with Crippen LogP contribution in [0.3, 0.4) is 0 Å². The van der Waals surface area contributed by atoms with Gasteiger partial charge in [0.1, 0.15) is 5.75 Å². The number of esters is 2. The maximum Gasteiger partial charge on any atom is 0.320 e. The first-order chi connectivity index (χ1) is 12.1. The molecule has 0 fully saturated rings. The molecule has 1 heterocycles. The van der Waals surface area contributed by atoms with Gasteiger partial charge in [0.2, 0.25) is 0 Å². The van der Waals surface area contributed by atoms with Crippen LogP contribution in [0, 0.1) is 5.92 Å². The minimum atomic E-state index is -0.984. The highest BCUT2D eigenvalue weighted by molar-refractivity contribution is 7.07. The second kappa shape index (κ2) is 9.22. The molecule has 0 amide bonds. The molecule has 0 unspecified atom stereocenters. The van der Waals surface area contributed by atoms with Crippen molar-refractivity contribution in [3.63, 3.8) is 0 Å². The van der Waals surface area contributed by atoms with E-state index < -0.39 is 17.9 Å². The molecule has 25 heavy (non-hydrogen) atoms. The van der Waals surface area contributed by atoms with Crippen molar-refractivity contribution in [3.8, 4) is 5.75 Å². The number of benzene rings is 1. The number of hydrogen-bond donors (Lipinski definition) is 0. The number of ether oxygens (including phenoxy) is 3. The Morgan fingerprint density at radius 3 is 2.32 bits per heavy atom. The Morgan fingerprint density at radius 1 is 1.04 bits per heavy atom. The van der Waals surface area contributed by atoms with Gasteiger partial charge in [0.05, 0.1) is 21.3 Å². The lowest BCUT2D eigenvalue weighted by atomic mass is 9.92. The van der Waals surface area contributed by atoms with E-state index in [1.165, 1.54) is 19.8 Å². The monoisotopic (exact) mass is 362 g/mol. The van der Waals surface area contributed by atoms with Crippen LogP contribution in [-0.4, -0.2) is 33.3 Å². The first-order valence-electron chi connectivity index (χ1n) is 7.92. The van der Waals surface area contributed by atoms with Gasteiger partial charge in [0.15, 0.2) is 5.92 Å². The predicted octanol–water partition coefficient (Wildman–Crippen LogP) is 3.05. The quantitative estimate of drug-likeness (QED) is 0.533. The highest BCUT2D eigenvalue weighted by Crippen LogP contribution is 2.27. The van der Waals surface area contributed by atoms with Gasteiger partial charge in [0, 0.05) is 0 Å². The summed E-state index contributed by atoms with van der Waals surface area (Å²) >= 11 is 1.66. The summed E-state index contributed by atoms with van der Waals surface area (Å²) in [5, 5.41) is 4.16. The van der Waals surface area contributed by atoms with Crippen LogP contribution in [0.5, 0.6) is 5.75 Å². The fraction of sp³-hybridized carbons (Fsp3) is 0.368. The number of rotatable bonds is 8. The summed E-state index contributed by atoms with van der Waals surface area (Å²) in [6.45, 7) is 0. The van der Waals surface area contributed by atoms with Crippen molar-refractivity contribution in [1.29, 1.82) is 0 Å². The van der Waals surface area contributed by atoms with E-state index in [0.717, 1.165) is 29.7 Å². The normalized spacial score (nSPS) is 10.6. The van der Waals surface area contributed by atoms with Gasteiger partial charge < -0.3 is 14.2 Å². The molecule has 0 radical (unpaired) electrons. The molecule has 0 spiro atoms. The molecular formula is C19H22O5S. The van der Waals surface area contributed by atoms with Crippen molar-refractivity contribution in [2.24, 2.45) is 5.92 Å². The summed E-state index contributed by atoms with van der Waals surface area (Å²) in [4.78, 5) is 23.9. The molecule has 134 valence electrons. The predicted molar refractivity (Wildman–Crippen MR) is 95.9 cm³/mol. The molecule has 1 aromatic carbocycles. The molecule has 1 aromatic heterocycles. The Bertz CT molecular complexity index is 693. The second-order valence-electron chi connectivity index (χ2n) is 5.53. The molecule has 0 saturated heterocycles. The van der Waals surface area contributed by atoms with Gasteiger partial charge >= 0.3 is 11.9 Å². The number of methoxy groups -OCH3 is 3. The van der Waals surface area contributed by atoms with E-state index in [-0.39, 0.29) is 6.42 Å². The lowest BCUT2D eigenvalue weighted by molar-refractivity contribution is -0.158. The topological polar surface area (TPSA) is 61.8 Å². The van der Waals surface area contributed by atoms with Crippen LogP contribution in [0.15, 0.2) is 35.0 Å². The van der Waals surface area contributed by atoms with Crippen molar-refractivity contribution in [2.75, 3.05) is 21.3 Å². The van der Waals surface area contributed by atoms with E-state index in [1.807, 2.05) is 23.6 Å². The maximum absolute atomic E-state index is 12.0. The number of carbonyl (C=O) groups excluding carboxylic acids is 2. The van der Waals surface area contributed by atoms with Crippen LogP contribution in [0.25, 0.3) is 0 Å². The van der Waals surface area contributed by atoms with Crippen LogP contribution in [-0.2, 0) is 38.3 Å². The standard InChI is InChI=1S/C19H22O5S/c1-22-17-6-4-5-14(11-16(18(20)23-2)19(21)24-3)15(17)8-7-13-9-10-25-12-13/h4-6,9-10,12,16H,7-8,11H2,1-3H3. The third-order valence-corrected chi connectivity index (χ3v) is 4.82. The van der Waals surface area contributed by atoms with Crippen molar-refractivity contribution in [2.45, 2.75) is 19.3 Å². The van der Waals surface area contributed by atoms with Crippen LogP contribution in [0.2, 0.25) is 0 Å². The lowest BCUT2D eigenvalue weighted by Gasteiger charge is -2.17. The van der Waals surface area contributed by atoms with Crippen molar-refractivity contribution in [3.05, 3.63) is 51.7 Å². The minimum absolute atomic E-state index is 0.218. The van der Waals surface area contributed by atoms with Crippen LogP contribution in [0.4, 0.5) is 0 Å². The van der Waals surface area contributed by atoms with Crippen LogP contribution < -0.4 is 4.74 Å². The molecule has 2 rings (SSSR count). The average Bonchev–Trinajstić information content (AvgIpc) is 3.16. The minimum Gasteiger partial charge on any atom is -0.496 e. The van der Waals surface area contributed by atoms with Gasteiger partial charge in [-0.05, 0) is 58.8 Å². The largest absolute Gasteiger partial charge is 0.496 e. The van der Waals surface area contributed by atoms with E-state index in [4.69, 9.17) is 14.2 Å². The Balaban J connectivity index is 2.28. The lowest BCUT2D eigenvalue weighted by Crippen LogP contribution is -2.29. The van der Waals surface area contributed by atoms with Crippen molar-refractivity contribution >= 4 is 23.3 Å². The molecule has 0 saturated carbocycles. The van der Waals surface area contributed by atoms with E-state index in [0.29, 0.717) is 0 Å². The molecule has 0 N–H and O–H groups in total. The van der Waals surface area contributed by atoms with E-state index in [1.54, 1.807) is 18.4 Å². The van der Waals surface area contributed by atoms with Gasteiger partial charge in [-0.1, -0.05) is 12.1 Å². The molecular weight excluding hydrogens is 340 g/mol. The zero-order valence-electron chi connectivity index (χ0n) is 14.6. The zero-order chi connectivity index (χ0) is 18.2. The first kappa shape index (κ1) is 19.0. The molecule has 0 aliphatic carbocycles. The fourth-order valence-electron chi connectivity index (χ4n) is 2.75. The molecule has 0 aliphatic rings. The van der Waals surface area contributed by atoms with E-state index in [2.05, 4.69) is 11.4 Å². The average molecular weight is 362 g/mol. The van der Waals surface area contributed by atoms with E-state index >= 15 is 0 Å². The third kappa shape index (κ3) is 4.82. The number of aryl methyl sites for hydroxylation is 1. The summed E-state index contributed by atoms with van der Waals surface area (Å²) in [5.74, 6) is -1.43. The van der Waals surface area contributed by atoms with Gasteiger partial charge in [-0.3, -0.25) is 9.59 Å². The molecule has 0 aliphatic heterocycles. The van der Waals surface area contributed by atoms with Gasteiger partial charge in [-0.25, -0.2) is 0 Å². The van der Waals surface area contributed by atoms with Gasteiger partial charge in [-0.2, -0.15) is 11.3 Å². The summed E-state index contributed by atoms with van der Waals surface area (Å²) in [5.41, 5.74) is 3.13. The highest BCUT2D eigenvalue weighted by atomic mass is 32.1. The second-order valence-corrected chi connectivity index (χ2v) is 6.31. The van der Waals surface area contributed by atoms with E-state index in [9.17, 15) is 9.59 Å².